The normalized spacial score (nSPS) is 12.7. The summed E-state index contributed by atoms with van der Waals surface area (Å²) in [5.74, 6) is 0.693. The molecule has 5 heteroatoms. The molecule has 0 aliphatic rings. The van der Waals surface area contributed by atoms with Crippen LogP contribution >= 0.6 is 0 Å². The van der Waals surface area contributed by atoms with Crippen LogP contribution in [0.3, 0.4) is 0 Å². The van der Waals surface area contributed by atoms with E-state index in [1.807, 2.05) is 24.6 Å². The molecule has 2 aromatic heterocycles. The molecule has 2 N–H and O–H groups in total. The zero-order valence-corrected chi connectivity index (χ0v) is 9.46. The minimum absolute atomic E-state index is 0.106. The predicted molar refractivity (Wildman–Crippen MR) is 61.6 cm³/mol. The number of nitrogens with two attached hydrogens (primary N) is 1. The Kier molecular flexibility index (Phi) is 2.96. The molecule has 0 radical (unpaired) electrons. The molecule has 0 aliphatic carbocycles. The van der Waals surface area contributed by atoms with Gasteiger partial charge >= 0.3 is 0 Å². The van der Waals surface area contributed by atoms with Gasteiger partial charge in [0.1, 0.15) is 5.69 Å². The van der Waals surface area contributed by atoms with Crippen LogP contribution in [0.15, 0.2) is 24.8 Å². The first-order chi connectivity index (χ1) is 7.66. The number of hydrogen-bond acceptors (Lipinski definition) is 4. The summed E-state index contributed by atoms with van der Waals surface area (Å²) in [7, 11) is 1.92. The summed E-state index contributed by atoms with van der Waals surface area (Å²) in [6, 6.07) is 2.00. The molecule has 1 atom stereocenters. The molecule has 0 saturated carbocycles. The maximum Gasteiger partial charge on any atom is 0.177 e. The van der Waals surface area contributed by atoms with Gasteiger partial charge in [0.2, 0.25) is 0 Å². The minimum atomic E-state index is 0.106. The van der Waals surface area contributed by atoms with Crippen LogP contribution in [0.5, 0.6) is 0 Å². The Bertz CT molecular complexity index is 475. The predicted octanol–water partition coefficient (Wildman–Crippen LogP) is 0.767. The summed E-state index contributed by atoms with van der Waals surface area (Å²) in [5, 5.41) is 0. The van der Waals surface area contributed by atoms with E-state index in [1.165, 1.54) is 0 Å². The Hall–Kier alpha value is -1.75. The van der Waals surface area contributed by atoms with Gasteiger partial charge in [-0.05, 0) is 13.0 Å². The van der Waals surface area contributed by atoms with E-state index in [1.54, 1.807) is 18.7 Å². The molecule has 0 aliphatic heterocycles. The maximum absolute atomic E-state index is 5.75. The highest BCUT2D eigenvalue weighted by molar-refractivity contribution is 5.48. The fourth-order valence-electron chi connectivity index (χ4n) is 1.54. The second kappa shape index (κ2) is 4.40. The average Bonchev–Trinajstić information content (AvgIpc) is 2.64. The van der Waals surface area contributed by atoms with E-state index in [0.717, 1.165) is 17.8 Å². The zero-order valence-electron chi connectivity index (χ0n) is 9.46. The van der Waals surface area contributed by atoms with Gasteiger partial charge in [-0.2, -0.15) is 0 Å². The summed E-state index contributed by atoms with van der Waals surface area (Å²) < 4.78 is 1.89. The van der Waals surface area contributed by atoms with E-state index in [9.17, 15) is 0 Å². The van der Waals surface area contributed by atoms with Crippen molar-refractivity contribution in [3.8, 4) is 11.5 Å². The van der Waals surface area contributed by atoms with Crippen LogP contribution in [0.2, 0.25) is 0 Å². The first kappa shape index (κ1) is 10.8. The van der Waals surface area contributed by atoms with E-state index >= 15 is 0 Å². The fourth-order valence-corrected chi connectivity index (χ4v) is 1.54. The molecule has 0 amide bonds. The highest BCUT2D eigenvalue weighted by Crippen LogP contribution is 2.13. The second-order valence-electron chi connectivity index (χ2n) is 3.94. The Labute approximate surface area is 94.4 Å². The van der Waals surface area contributed by atoms with Crippen LogP contribution in [-0.2, 0) is 13.5 Å². The lowest BCUT2D eigenvalue weighted by Crippen LogP contribution is -2.18. The Morgan fingerprint density at radius 1 is 1.50 bits per heavy atom. The summed E-state index contributed by atoms with van der Waals surface area (Å²) in [4.78, 5) is 12.7. The number of rotatable bonds is 3. The van der Waals surface area contributed by atoms with Crippen molar-refractivity contribution in [2.75, 3.05) is 0 Å². The van der Waals surface area contributed by atoms with Crippen molar-refractivity contribution in [1.29, 1.82) is 0 Å². The third-order valence-electron chi connectivity index (χ3n) is 2.29. The van der Waals surface area contributed by atoms with E-state index in [4.69, 9.17) is 5.73 Å². The highest BCUT2D eigenvalue weighted by atomic mass is 15.1. The molecule has 0 bridgehead atoms. The quantitative estimate of drug-likeness (QED) is 0.824. The topological polar surface area (TPSA) is 69.6 Å². The van der Waals surface area contributed by atoms with Gasteiger partial charge in [-0.15, -0.1) is 0 Å². The Balaban J connectivity index is 2.33. The summed E-state index contributed by atoms with van der Waals surface area (Å²) in [6.07, 6.45) is 6.00. The highest BCUT2D eigenvalue weighted by Gasteiger charge is 2.07. The number of aromatic nitrogens is 4. The third-order valence-corrected chi connectivity index (χ3v) is 2.29. The second-order valence-corrected chi connectivity index (χ2v) is 3.94. The molecule has 0 spiro atoms. The lowest BCUT2D eigenvalue weighted by atomic mass is 10.2. The minimum Gasteiger partial charge on any atom is -0.331 e. The van der Waals surface area contributed by atoms with Crippen LogP contribution in [0, 0.1) is 0 Å². The molecular weight excluding hydrogens is 202 g/mol. The average molecular weight is 217 g/mol. The third kappa shape index (κ3) is 2.25. The lowest BCUT2D eigenvalue weighted by molar-refractivity contribution is 0.720. The van der Waals surface area contributed by atoms with Crippen molar-refractivity contribution >= 4 is 0 Å². The van der Waals surface area contributed by atoms with E-state index in [2.05, 4.69) is 15.0 Å². The van der Waals surface area contributed by atoms with Crippen molar-refractivity contribution in [3.63, 3.8) is 0 Å². The molecular formula is C11H15N5. The van der Waals surface area contributed by atoms with E-state index in [-0.39, 0.29) is 6.04 Å². The van der Waals surface area contributed by atoms with Crippen molar-refractivity contribution in [1.82, 2.24) is 19.5 Å². The first-order valence-electron chi connectivity index (χ1n) is 5.21. The summed E-state index contributed by atoms with van der Waals surface area (Å²) >= 11 is 0. The van der Waals surface area contributed by atoms with Gasteiger partial charge in [0.25, 0.3) is 0 Å². The number of nitrogens with zero attached hydrogens (tertiary/aromatic N) is 4. The Morgan fingerprint density at radius 2 is 2.31 bits per heavy atom. The smallest absolute Gasteiger partial charge is 0.177 e. The standard InChI is InChI=1S/C11H15N5/c1-8(12)5-9-3-4-14-11(15-9)10-6-13-7-16(10)2/h3-4,6-8H,5,12H2,1-2H3. The van der Waals surface area contributed by atoms with Crippen LogP contribution < -0.4 is 5.73 Å². The molecule has 2 aromatic rings. The van der Waals surface area contributed by atoms with Crippen molar-refractivity contribution in [2.24, 2.45) is 12.8 Å². The number of hydrogen-bond donors (Lipinski definition) is 1. The molecule has 2 rings (SSSR count). The van der Waals surface area contributed by atoms with Gasteiger partial charge in [-0.3, -0.25) is 0 Å². The van der Waals surface area contributed by atoms with Gasteiger partial charge in [-0.1, -0.05) is 0 Å². The monoisotopic (exact) mass is 217 g/mol. The van der Waals surface area contributed by atoms with Crippen molar-refractivity contribution in [3.05, 3.63) is 30.5 Å². The van der Waals surface area contributed by atoms with Gasteiger partial charge < -0.3 is 10.3 Å². The van der Waals surface area contributed by atoms with Gasteiger partial charge in [0.05, 0.1) is 12.5 Å². The number of aryl methyl sites for hydroxylation is 1. The van der Waals surface area contributed by atoms with Crippen LogP contribution in [-0.4, -0.2) is 25.6 Å². The molecule has 0 aromatic carbocycles. The molecule has 0 saturated heterocycles. The lowest BCUT2D eigenvalue weighted by Gasteiger charge is -2.06. The van der Waals surface area contributed by atoms with E-state index < -0.39 is 0 Å². The molecule has 2 heterocycles. The summed E-state index contributed by atoms with van der Waals surface area (Å²) in [5.41, 5.74) is 7.61. The number of imidazole rings is 1. The van der Waals surface area contributed by atoms with Crippen LogP contribution in [0.4, 0.5) is 0 Å². The summed E-state index contributed by atoms with van der Waals surface area (Å²) in [6.45, 7) is 1.96. The Morgan fingerprint density at radius 3 is 2.94 bits per heavy atom. The van der Waals surface area contributed by atoms with Gasteiger partial charge in [-0.25, -0.2) is 15.0 Å². The molecule has 0 fully saturated rings. The zero-order chi connectivity index (χ0) is 11.5. The van der Waals surface area contributed by atoms with Crippen LogP contribution in [0.25, 0.3) is 11.5 Å². The maximum atomic E-state index is 5.75. The molecule has 84 valence electrons. The molecule has 16 heavy (non-hydrogen) atoms. The largest absolute Gasteiger partial charge is 0.331 e. The first-order valence-corrected chi connectivity index (χ1v) is 5.21. The van der Waals surface area contributed by atoms with E-state index in [0.29, 0.717) is 5.82 Å². The van der Waals surface area contributed by atoms with Crippen molar-refractivity contribution < 1.29 is 0 Å². The van der Waals surface area contributed by atoms with Gasteiger partial charge in [0.15, 0.2) is 5.82 Å². The fraction of sp³-hybridized carbons (Fsp3) is 0.364. The van der Waals surface area contributed by atoms with Gasteiger partial charge in [0, 0.05) is 31.4 Å². The molecule has 5 nitrogen and oxygen atoms in total. The van der Waals surface area contributed by atoms with Crippen LogP contribution in [0.1, 0.15) is 12.6 Å². The SMILES string of the molecule is CC(N)Cc1ccnc(-c2cncn2C)n1. The van der Waals surface area contributed by atoms with Crippen molar-refractivity contribution in [2.45, 2.75) is 19.4 Å². The molecule has 1 unspecified atom stereocenters.